The van der Waals surface area contributed by atoms with Gasteiger partial charge in [0.05, 0.1) is 18.4 Å². The van der Waals surface area contributed by atoms with Crippen LogP contribution in [-0.2, 0) is 0 Å². The average Bonchev–Trinajstić information content (AvgIpc) is 2.29. The second-order valence-electron chi connectivity index (χ2n) is 3.59. The normalized spacial score (nSPS) is 11.3. The van der Waals surface area contributed by atoms with Gasteiger partial charge in [0.25, 0.3) is 0 Å². The second-order valence-corrected chi connectivity index (χ2v) is 3.59. The maximum Gasteiger partial charge on any atom is 0.121 e. The van der Waals surface area contributed by atoms with Gasteiger partial charge in [-0.3, -0.25) is 0 Å². The van der Waals surface area contributed by atoms with Crippen molar-refractivity contribution in [3.05, 3.63) is 36.4 Å². The molecular weight excluding hydrogens is 200 g/mol. The molecule has 1 unspecified atom stereocenters. The van der Waals surface area contributed by atoms with Crippen molar-refractivity contribution in [2.24, 2.45) is 0 Å². The van der Waals surface area contributed by atoms with Crippen LogP contribution in [0.3, 0.4) is 0 Å². The number of nitrogens with zero attached hydrogens (tertiary/aromatic N) is 1. The highest BCUT2D eigenvalue weighted by molar-refractivity contribution is 5.60. The van der Waals surface area contributed by atoms with E-state index in [1.54, 1.807) is 19.2 Å². The first-order valence-electron chi connectivity index (χ1n) is 5.16. The molecule has 1 aromatic carbocycles. The fourth-order valence-electron chi connectivity index (χ4n) is 1.44. The monoisotopic (exact) mass is 216 g/mol. The molecule has 0 radical (unpaired) electrons. The molecule has 0 spiro atoms. The lowest BCUT2D eigenvalue weighted by Gasteiger charge is -2.15. The minimum atomic E-state index is 0.247. The van der Waals surface area contributed by atoms with Crippen LogP contribution in [0.15, 0.2) is 30.9 Å². The van der Waals surface area contributed by atoms with E-state index in [0.717, 1.165) is 17.9 Å². The molecule has 0 bridgehead atoms. The van der Waals surface area contributed by atoms with E-state index < -0.39 is 0 Å². The molecule has 1 aromatic rings. The standard InChI is InChI=1S/C13H16N2O/c1-4-5-10(2)15-13-8-12(16-3)7-6-11(13)9-14/h4,6-8,10,15H,1,5H2,2-3H3. The maximum atomic E-state index is 8.97. The summed E-state index contributed by atoms with van der Waals surface area (Å²) in [5, 5.41) is 12.2. The summed E-state index contributed by atoms with van der Waals surface area (Å²) in [6, 6.07) is 7.76. The van der Waals surface area contributed by atoms with Crippen LogP contribution in [0.2, 0.25) is 0 Å². The van der Waals surface area contributed by atoms with E-state index in [9.17, 15) is 0 Å². The van der Waals surface area contributed by atoms with Crippen molar-refractivity contribution in [1.82, 2.24) is 0 Å². The van der Waals surface area contributed by atoms with Crippen LogP contribution in [0.1, 0.15) is 18.9 Å². The molecule has 16 heavy (non-hydrogen) atoms. The molecule has 0 amide bonds. The third-order valence-electron chi connectivity index (χ3n) is 2.27. The lowest BCUT2D eigenvalue weighted by molar-refractivity contribution is 0.415. The van der Waals surface area contributed by atoms with Crippen molar-refractivity contribution in [2.45, 2.75) is 19.4 Å². The van der Waals surface area contributed by atoms with Crippen LogP contribution in [0, 0.1) is 11.3 Å². The van der Waals surface area contributed by atoms with Gasteiger partial charge in [-0.1, -0.05) is 6.08 Å². The molecule has 0 aliphatic heterocycles. The second kappa shape index (κ2) is 5.82. The number of benzene rings is 1. The predicted octanol–water partition coefficient (Wildman–Crippen LogP) is 2.94. The molecular formula is C13H16N2O. The Morgan fingerprint density at radius 2 is 2.38 bits per heavy atom. The fraction of sp³-hybridized carbons (Fsp3) is 0.308. The number of nitrogens with one attached hydrogen (secondary N) is 1. The quantitative estimate of drug-likeness (QED) is 0.770. The molecule has 0 aromatic heterocycles. The summed E-state index contributed by atoms with van der Waals surface area (Å²) in [5.74, 6) is 0.743. The van der Waals surface area contributed by atoms with Crippen LogP contribution < -0.4 is 10.1 Å². The van der Waals surface area contributed by atoms with Crippen molar-refractivity contribution in [1.29, 1.82) is 5.26 Å². The lowest BCUT2D eigenvalue weighted by atomic mass is 10.1. The third-order valence-corrected chi connectivity index (χ3v) is 2.27. The van der Waals surface area contributed by atoms with Gasteiger partial charge in [-0.05, 0) is 25.5 Å². The molecule has 1 rings (SSSR count). The molecule has 1 N–H and O–H groups in total. The minimum absolute atomic E-state index is 0.247. The van der Waals surface area contributed by atoms with Crippen LogP contribution in [0.25, 0.3) is 0 Å². The average molecular weight is 216 g/mol. The van der Waals surface area contributed by atoms with Gasteiger partial charge in [-0.2, -0.15) is 5.26 Å². The van der Waals surface area contributed by atoms with Crippen LogP contribution in [0.4, 0.5) is 5.69 Å². The van der Waals surface area contributed by atoms with Gasteiger partial charge >= 0.3 is 0 Å². The van der Waals surface area contributed by atoms with Crippen LogP contribution >= 0.6 is 0 Å². The van der Waals surface area contributed by atoms with Crippen LogP contribution in [-0.4, -0.2) is 13.2 Å². The molecule has 0 aliphatic rings. The number of hydrogen-bond donors (Lipinski definition) is 1. The molecule has 0 aliphatic carbocycles. The summed E-state index contributed by atoms with van der Waals surface area (Å²) in [6.07, 6.45) is 2.70. The van der Waals surface area contributed by atoms with E-state index in [0.29, 0.717) is 5.56 Å². The number of rotatable bonds is 5. The molecule has 3 heteroatoms. The smallest absolute Gasteiger partial charge is 0.121 e. The molecule has 3 nitrogen and oxygen atoms in total. The summed E-state index contributed by atoms with van der Waals surface area (Å²) in [7, 11) is 1.61. The summed E-state index contributed by atoms with van der Waals surface area (Å²) in [4.78, 5) is 0. The van der Waals surface area contributed by atoms with Crippen molar-refractivity contribution < 1.29 is 4.74 Å². The largest absolute Gasteiger partial charge is 0.497 e. The first-order chi connectivity index (χ1) is 7.71. The molecule has 0 fully saturated rings. The van der Waals surface area contributed by atoms with Crippen molar-refractivity contribution in [3.8, 4) is 11.8 Å². The summed E-state index contributed by atoms with van der Waals surface area (Å²) >= 11 is 0. The zero-order valence-corrected chi connectivity index (χ0v) is 9.66. The van der Waals surface area contributed by atoms with Gasteiger partial charge in [0.15, 0.2) is 0 Å². The number of anilines is 1. The number of ether oxygens (including phenoxy) is 1. The Morgan fingerprint density at radius 1 is 1.62 bits per heavy atom. The van der Waals surface area contributed by atoms with E-state index in [2.05, 4.69) is 18.0 Å². The van der Waals surface area contributed by atoms with Gasteiger partial charge in [-0.15, -0.1) is 6.58 Å². The first-order valence-corrected chi connectivity index (χ1v) is 5.16. The van der Waals surface area contributed by atoms with Gasteiger partial charge in [-0.25, -0.2) is 0 Å². The Bertz CT molecular complexity index is 407. The Morgan fingerprint density at radius 3 is 2.94 bits per heavy atom. The Balaban J connectivity index is 2.91. The third kappa shape index (κ3) is 3.03. The van der Waals surface area contributed by atoms with Gasteiger partial charge in [0, 0.05) is 12.1 Å². The zero-order chi connectivity index (χ0) is 12.0. The van der Waals surface area contributed by atoms with Crippen molar-refractivity contribution in [2.75, 3.05) is 12.4 Å². The fourth-order valence-corrected chi connectivity index (χ4v) is 1.44. The number of nitriles is 1. The number of methoxy groups -OCH3 is 1. The topological polar surface area (TPSA) is 45.0 Å². The highest BCUT2D eigenvalue weighted by Crippen LogP contribution is 2.22. The van der Waals surface area contributed by atoms with E-state index >= 15 is 0 Å². The SMILES string of the molecule is C=CCC(C)Nc1cc(OC)ccc1C#N. The van der Waals surface area contributed by atoms with Crippen LogP contribution in [0.5, 0.6) is 5.75 Å². The van der Waals surface area contributed by atoms with E-state index in [1.165, 1.54) is 0 Å². The van der Waals surface area contributed by atoms with Gasteiger partial charge in [0.2, 0.25) is 0 Å². The minimum Gasteiger partial charge on any atom is -0.497 e. The summed E-state index contributed by atoms with van der Waals surface area (Å²) in [5.41, 5.74) is 1.42. The van der Waals surface area contributed by atoms with Crippen molar-refractivity contribution in [3.63, 3.8) is 0 Å². The molecule has 0 saturated carbocycles. The first kappa shape index (κ1) is 12.1. The van der Waals surface area contributed by atoms with Gasteiger partial charge in [0.1, 0.15) is 11.8 Å². The Hall–Kier alpha value is -1.95. The Labute approximate surface area is 96.4 Å². The maximum absolute atomic E-state index is 8.97. The molecule has 0 saturated heterocycles. The molecule has 84 valence electrons. The van der Waals surface area contributed by atoms with E-state index in [1.807, 2.05) is 19.1 Å². The zero-order valence-electron chi connectivity index (χ0n) is 9.66. The lowest BCUT2D eigenvalue weighted by Crippen LogP contribution is -2.14. The van der Waals surface area contributed by atoms with E-state index in [4.69, 9.17) is 10.00 Å². The van der Waals surface area contributed by atoms with Gasteiger partial charge < -0.3 is 10.1 Å². The highest BCUT2D eigenvalue weighted by atomic mass is 16.5. The Kier molecular flexibility index (Phi) is 4.41. The molecule has 0 heterocycles. The summed E-state index contributed by atoms with van der Waals surface area (Å²) in [6.45, 7) is 5.73. The van der Waals surface area contributed by atoms with Crippen molar-refractivity contribution >= 4 is 5.69 Å². The molecule has 1 atom stereocenters. The van der Waals surface area contributed by atoms with E-state index in [-0.39, 0.29) is 6.04 Å². The number of hydrogen-bond acceptors (Lipinski definition) is 3. The highest BCUT2D eigenvalue weighted by Gasteiger charge is 2.06. The predicted molar refractivity (Wildman–Crippen MR) is 65.6 cm³/mol. The summed E-state index contributed by atoms with van der Waals surface area (Å²) < 4.78 is 5.13.